The van der Waals surface area contributed by atoms with E-state index in [2.05, 4.69) is 5.32 Å². The molecule has 5 heteroatoms. The van der Waals surface area contributed by atoms with Gasteiger partial charge in [0.25, 0.3) is 0 Å². The van der Waals surface area contributed by atoms with Gasteiger partial charge in [0.2, 0.25) is 0 Å². The van der Waals surface area contributed by atoms with Crippen LogP contribution in [0.2, 0.25) is 0 Å². The van der Waals surface area contributed by atoms with Crippen molar-refractivity contribution in [3.05, 3.63) is 0 Å². The van der Waals surface area contributed by atoms with Crippen molar-refractivity contribution in [3.8, 4) is 0 Å². The Kier molecular flexibility index (Phi) is 6.69. The van der Waals surface area contributed by atoms with E-state index in [-0.39, 0.29) is 12.5 Å². The molecule has 1 saturated carbocycles. The summed E-state index contributed by atoms with van der Waals surface area (Å²) in [5, 5.41) is 12.5. The summed E-state index contributed by atoms with van der Waals surface area (Å²) in [7, 11) is 0. The first kappa shape index (κ1) is 18.8. The molecule has 0 aromatic rings. The molecule has 2 N–H and O–H groups in total. The van der Waals surface area contributed by atoms with Crippen molar-refractivity contribution in [1.82, 2.24) is 5.32 Å². The largest absolute Gasteiger partial charge is 0.481 e. The molecular weight excluding hydrogens is 282 g/mol. The van der Waals surface area contributed by atoms with Gasteiger partial charge in [0.15, 0.2) is 0 Å². The predicted octanol–water partition coefficient (Wildman–Crippen LogP) is 3.96. The quantitative estimate of drug-likeness (QED) is 0.753. The fraction of sp³-hybridized carbons (Fsp3) is 0.882. The summed E-state index contributed by atoms with van der Waals surface area (Å²) in [6, 6.07) is 0. The zero-order valence-corrected chi connectivity index (χ0v) is 14.4. The molecule has 1 atom stereocenters. The lowest BCUT2D eigenvalue weighted by Gasteiger charge is -2.36. The number of ether oxygens (including phenoxy) is 1. The van der Waals surface area contributed by atoms with Crippen LogP contribution in [-0.2, 0) is 9.53 Å². The molecule has 0 radical (unpaired) electrons. The number of hydrogen-bond acceptors (Lipinski definition) is 3. The molecular formula is C17H31NO4. The third kappa shape index (κ3) is 5.18. The van der Waals surface area contributed by atoms with E-state index < -0.39 is 23.1 Å². The van der Waals surface area contributed by atoms with Crippen LogP contribution in [0.25, 0.3) is 0 Å². The molecule has 0 bridgehead atoms. The maximum atomic E-state index is 12.0. The molecule has 1 aliphatic carbocycles. The first-order valence-electron chi connectivity index (χ1n) is 8.41. The summed E-state index contributed by atoms with van der Waals surface area (Å²) < 4.78 is 5.23. The highest BCUT2D eigenvalue weighted by molar-refractivity contribution is 5.77. The van der Waals surface area contributed by atoms with Crippen molar-refractivity contribution >= 4 is 12.1 Å². The van der Waals surface area contributed by atoms with E-state index in [0.717, 1.165) is 25.7 Å². The van der Waals surface area contributed by atoms with Crippen molar-refractivity contribution in [2.45, 2.75) is 78.2 Å². The minimum atomic E-state index is -0.888. The normalized spacial score (nSPS) is 19.8. The minimum Gasteiger partial charge on any atom is -0.481 e. The molecule has 1 rings (SSSR count). The topological polar surface area (TPSA) is 75.6 Å². The van der Waals surface area contributed by atoms with Crippen LogP contribution in [0, 0.1) is 11.3 Å². The zero-order chi connectivity index (χ0) is 16.8. The fourth-order valence-electron chi connectivity index (χ4n) is 3.34. The number of aliphatic carboxylic acids is 1. The molecule has 5 nitrogen and oxygen atoms in total. The maximum Gasteiger partial charge on any atom is 0.407 e. The lowest BCUT2D eigenvalue weighted by Crippen LogP contribution is -2.48. The number of carbonyl (C=O) groups is 2. The van der Waals surface area contributed by atoms with Crippen molar-refractivity contribution in [1.29, 1.82) is 0 Å². The summed E-state index contributed by atoms with van der Waals surface area (Å²) >= 11 is 0. The van der Waals surface area contributed by atoms with Crippen LogP contribution >= 0.6 is 0 Å². The van der Waals surface area contributed by atoms with Crippen molar-refractivity contribution in [3.63, 3.8) is 0 Å². The third-order valence-corrected chi connectivity index (χ3v) is 4.64. The molecule has 0 spiro atoms. The van der Waals surface area contributed by atoms with Crippen LogP contribution in [0.5, 0.6) is 0 Å². The number of alkyl carbamates (subject to hydrolysis) is 1. The van der Waals surface area contributed by atoms with Gasteiger partial charge in [-0.15, -0.1) is 0 Å². The van der Waals surface area contributed by atoms with Crippen LogP contribution in [0.4, 0.5) is 4.79 Å². The highest BCUT2D eigenvalue weighted by atomic mass is 16.6. The SMILES string of the molecule is CCC(CNC(=O)OC(C)(C)C)(C(=O)O)C1CCCCCC1. The number of carbonyl (C=O) groups excluding carboxylic acids is 1. The smallest absolute Gasteiger partial charge is 0.407 e. The molecule has 0 saturated heterocycles. The Labute approximate surface area is 133 Å². The molecule has 1 aliphatic rings. The average molecular weight is 313 g/mol. The molecule has 0 aromatic heterocycles. The summed E-state index contributed by atoms with van der Waals surface area (Å²) in [5.41, 5.74) is -1.47. The van der Waals surface area contributed by atoms with Crippen molar-refractivity contribution in [2.24, 2.45) is 11.3 Å². The fourth-order valence-corrected chi connectivity index (χ4v) is 3.34. The van der Waals surface area contributed by atoms with E-state index in [9.17, 15) is 14.7 Å². The Morgan fingerprint density at radius 2 is 1.68 bits per heavy atom. The Morgan fingerprint density at radius 3 is 2.09 bits per heavy atom. The number of amides is 1. The van der Waals surface area contributed by atoms with Crippen LogP contribution in [0.3, 0.4) is 0 Å². The van der Waals surface area contributed by atoms with E-state index in [4.69, 9.17) is 4.74 Å². The van der Waals surface area contributed by atoms with Crippen LogP contribution in [-0.4, -0.2) is 29.3 Å². The summed E-state index contributed by atoms with van der Waals surface area (Å²) in [5.74, 6) is -0.689. The molecule has 0 aromatic carbocycles. The van der Waals surface area contributed by atoms with Gasteiger partial charge in [-0.05, 0) is 46.0 Å². The highest BCUT2D eigenvalue weighted by Crippen LogP contribution is 2.40. The van der Waals surface area contributed by atoms with E-state index in [1.165, 1.54) is 12.8 Å². The predicted molar refractivity (Wildman–Crippen MR) is 85.8 cm³/mol. The second kappa shape index (κ2) is 7.84. The molecule has 1 fully saturated rings. The van der Waals surface area contributed by atoms with Crippen molar-refractivity contribution in [2.75, 3.05) is 6.54 Å². The van der Waals surface area contributed by atoms with Crippen molar-refractivity contribution < 1.29 is 19.4 Å². The second-order valence-corrected chi connectivity index (χ2v) is 7.36. The van der Waals surface area contributed by atoms with Gasteiger partial charge in [0, 0.05) is 6.54 Å². The van der Waals surface area contributed by atoms with Crippen LogP contribution in [0.1, 0.15) is 72.6 Å². The Morgan fingerprint density at radius 1 is 1.14 bits per heavy atom. The minimum absolute atomic E-state index is 0.118. The first-order valence-corrected chi connectivity index (χ1v) is 8.41. The van der Waals surface area contributed by atoms with Gasteiger partial charge in [0.1, 0.15) is 5.60 Å². The Bertz CT molecular complexity index is 381. The summed E-state index contributed by atoms with van der Waals surface area (Å²) in [4.78, 5) is 23.8. The number of nitrogens with one attached hydrogen (secondary N) is 1. The standard InChI is InChI=1S/C17H31NO4/c1-5-17(14(19)20,13-10-8-6-7-9-11-13)12-18-15(21)22-16(2,3)4/h13H,5-12H2,1-4H3,(H,18,21)(H,19,20). The molecule has 22 heavy (non-hydrogen) atoms. The van der Waals surface area contributed by atoms with E-state index in [0.29, 0.717) is 6.42 Å². The van der Waals surface area contributed by atoms with E-state index in [1.807, 2.05) is 6.92 Å². The van der Waals surface area contributed by atoms with Gasteiger partial charge in [-0.3, -0.25) is 4.79 Å². The maximum absolute atomic E-state index is 12.0. The molecule has 0 heterocycles. The molecule has 128 valence electrons. The first-order chi connectivity index (χ1) is 10.2. The van der Waals surface area contributed by atoms with Gasteiger partial charge < -0.3 is 15.2 Å². The van der Waals surface area contributed by atoms with Gasteiger partial charge in [-0.25, -0.2) is 4.79 Å². The Balaban J connectivity index is 2.79. The number of rotatable bonds is 5. The third-order valence-electron chi connectivity index (χ3n) is 4.64. The van der Waals surface area contributed by atoms with Gasteiger partial charge in [-0.1, -0.05) is 32.6 Å². The molecule has 1 amide bonds. The monoisotopic (exact) mass is 313 g/mol. The number of carboxylic acid groups (broad SMARTS) is 1. The average Bonchev–Trinajstić information content (AvgIpc) is 2.67. The van der Waals surface area contributed by atoms with E-state index in [1.54, 1.807) is 20.8 Å². The number of hydrogen-bond donors (Lipinski definition) is 2. The lowest BCUT2D eigenvalue weighted by atomic mass is 9.69. The molecule has 0 aliphatic heterocycles. The summed E-state index contributed by atoms with van der Waals surface area (Å²) in [6.07, 6.45) is 6.33. The number of carboxylic acids is 1. The van der Waals surface area contributed by atoms with Crippen LogP contribution in [0.15, 0.2) is 0 Å². The van der Waals surface area contributed by atoms with E-state index >= 15 is 0 Å². The second-order valence-electron chi connectivity index (χ2n) is 7.36. The highest BCUT2D eigenvalue weighted by Gasteiger charge is 2.44. The zero-order valence-electron chi connectivity index (χ0n) is 14.4. The molecule has 1 unspecified atom stereocenters. The van der Waals surface area contributed by atoms with Gasteiger partial charge in [0.05, 0.1) is 5.41 Å². The van der Waals surface area contributed by atoms with Crippen LogP contribution < -0.4 is 5.32 Å². The van der Waals surface area contributed by atoms with Gasteiger partial charge in [-0.2, -0.15) is 0 Å². The lowest BCUT2D eigenvalue weighted by molar-refractivity contribution is -0.153. The summed E-state index contributed by atoms with van der Waals surface area (Å²) in [6.45, 7) is 7.42. The Hall–Kier alpha value is -1.26. The van der Waals surface area contributed by atoms with Gasteiger partial charge >= 0.3 is 12.1 Å².